The normalized spacial score (nSPS) is 34.4. The summed E-state index contributed by atoms with van der Waals surface area (Å²) < 4.78 is 45.7. The van der Waals surface area contributed by atoms with Gasteiger partial charge in [-0.25, -0.2) is 18.2 Å². The predicted molar refractivity (Wildman–Crippen MR) is 210 cm³/mol. The predicted octanol–water partition coefficient (Wildman–Crippen LogP) is 4.76. The number of ether oxygens (including phenoxy) is 3. The number of sulfonamides is 1. The van der Waals surface area contributed by atoms with E-state index in [2.05, 4.69) is 27.3 Å². The van der Waals surface area contributed by atoms with Gasteiger partial charge in [-0.05, 0) is 125 Å². The van der Waals surface area contributed by atoms with Gasteiger partial charge in [0.2, 0.25) is 27.7 Å². The van der Waals surface area contributed by atoms with Crippen molar-refractivity contribution in [2.45, 2.75) is 126 Å². The van der Waals surface area contributed by atoms with E-state index in [0.29, 0.717) is 55.8 Å². The Labute approximate surface area is 334 Å². The number of benzene rings is 1. The van der Waals surface area contributed by atoms with Gasteiger partial charge in [0.05, 0.1) is 17.9 Å². The lowest BCUT2D eigenvalue weighted by Gasteiger charge is -2.33. The SMILES string of the molecule is CCOc1ccc2c(OC3CC4C(=O)NC5(C(=O)NS(=O)(=O)C6(C)CC6)CC5C=CCCC(C)CC(C)C(NC(=O)OC5CC6CC6C5)C(=O)N4C3)nccc2c1. The second kappa shape index (κ2) is 15.1. The number of rotatable bonds is 9. The number of allylic oxidation sites excluding steroid dienone is 1. The van der Waals surface area contributed by atoms with Gasteiger partial charge in [-0.3, -0.25) is 19.1 Å². The Balaban J connectivity index is 1.09. The smallest absolute Gasteiger partial charge is 0.408 e. The number of carbonyl (C=O) groups is 4. The molecule has 2 aliphatic heterocycles. The second-order valence-electron chi connectivity index (χ2n) is 17.8. The molecule has 4 saturated carbocycles. The number of aromatic nitrogens is 1. The Morgan fingerprint density at radius 3 is 2.54 bits per heavy atom. The first-order valence-corrected chi connectivity index (χ1v) is 22.2. The summed E-state index contributed by atoms with van der Waals surface area (Å²) >= 11 is 0. The van der Waals surface area contributed by atoms with Crippen LogP contribution in [0.5, 0.6) is 11.6 Å². The fourth-order valence-corrected chi connectivity index (χ4v) is 10.6. The molecule has 9 unspecified atom stereocenters. The van der Waals surface area contributed by atoms with Gasteiger partial charge in [-0.2, -0.15) is 0 Å². The van der Waals surface area contributed by atoms with Gasteiger partial charge in [0.15, 0.2) is 0 Å². The molecule has 3 heterocycles. The van der Waals surface area contributed by atoms with Crippen molar-refractivity contribution in [1.29, 1.82) is 0 Å². The van der Waals surface area contributed by atoms with Crippen molar-refractivity contribution in [2.75, 3.05) is 13.2 Å². The summed E-state index contributed by atoms with van der Waals surface area (Å²) in [6.07, 6.45) is 10.1. The first kappa shape index (κ1) is 39.4. The highest BCUT2D eigenvalue weighted by atomic mass is 32.2. The van der Waals surface area contributed by atoms with E-state index >= 15 is 0 Å². The average molecular weight is 806 g/mol. The van der Waals surface area contributed by atoms with Crippen molar-refractivity contribution >= 4 is 44.6 Å². The lowest BCUT2D eigenvalue weighted by Crippen LogP contribution is -2.59. The number of amides is 4. The van der Waals surface area contributed by atoms with E-state index in [9.17, 15) is 27.6 Å². The third-order valence-corrected chi connectivity index (χ3v) is 15.4. The minimum absolute atomic E-state index is 0.00274. The molecule has 0 bridgehead atoms. The van der Waals surface area contributed by atoms with Crippen LogP contribution in [0.25, 0.3) is 10.8 Å². The highest BCUT2D eigenvalue weighted by molar-refractivity contribution is 7.91. The molecule has 0 spiro atoms. The maximum Gasteiger partial charge on any atom is 0.408 e. The summed E-state index contributed by atoms with van der Waals surface area (Å²) in [5.74, 6) is -0.184. The van der Waals surface area contributed by atoms with Gasteiger partial charge in [-0.1, -0.05) is 26.0 Å². The fourth-order valence-electron chi connectivity index (χ4n) is 9.30. The van der Waals surface area contributed by atoms with Crippen LogP contribution in [0.1, 0.15) is 91.9 Å². The number of alkyl carbamates (subject to hydrolysis) is 1. The number of carbonyl (C=O) groups excluding carboxylic acids is 4. The Morgan fingerprint density at radius 2 is 1.81 bits per heavy atom. The highest BCUT2D eigenvalue weighted by Gasteiger charge is 2.63. The Morgan fingerprint density at radius 1 is 1.04 bits per heavy atom. The van der Waals surface area contributed by atoms with E-state index in [-0.39, 0.29) is 37.3 Å². The third kappa shape index (κ3) is 8.05. The molecule has 5 fully saturated rings. The summed E-state index contributed by atoms with van der Waals surface area (Å²) in [7, 11) is -3.99. The van der Waals surface area contributed by atoms with Crippen molar-refractivity contribution in [2.24, 2.45) is 29.6 Å². The molecule has 2 aromatic rings. The van der Waals surface area contributed by atoms with E-state index in [1.165, 1.54) is 11.3 Å². The van der Waals surface area contributed by atoms with Crippen LogP contribution in [0.4, 0.5) is 4.79 Å². The van der Waals surface area contributed by atoms with Crippen LogP contribution in [-0.4, -0.2) is 89.8 Å². The van der Waals surface area contributed by atoms with Gasteiger partial charge < -0.3 is 29.7 Å². The van der Waals surface area contributed by atoms with E-state index in [0.717, 1.165) is 30.0 Å². The van der Waals surface area contributed by atoms with Crippen LogP contribution in [0.15, 0.2) is 42.6 Å². The molecule has 1 saturated heterocycles. The van der Waals surface area contributed by atoms with E-state index < -0.39 is 68.2 Å². The maximum atomic E-state index is 14.9. The molecular weight excluding hydrogens is 751 g/mol. The summed E-state index contributed by atoms with van der Waals surface area (Å²) in [6, 6.07) is 5.32. The molecule has 57 heavy (non-hydrogen) atoms. The molecule has 3 N–H and O–H groups in total. The summed E-state index contributed by atoms with van der Waals surface area (Å²) in [5, 5.41) is 7.41. The number of nitrogens with zero attached hydrogens (tertiary/aromatic N) is 2. The van der Waals surface area contributed by atoms with Crippen molar-refractivity contribution in [3.63, 3.8) is 0 Å². The van der Waals surface area contributed by atoms with Crippen LogP contribution in [0.3, 0.4) is 0 Å². The molecule has 308 valence electrons. The van der Waals surface area contributed by atoms with Crippen molar-refractivity contribution in [1.82, 2.24) is 25.2 Å². The van der Waals surface area contributed by atoms with Gasteiger partial charge in [0.1, 0.15) is 35.6 Å². The van der Waals surface area contributed by atoms with E-state index in [1.807, 2.05) is 50.3 Å². The molecule has 6 aliphatic rings. The van der Waals surface area contributed by atoms with Crippen LogP contribution in [0, 0.1) is 29.6 Å². The molecule has 15 heteroatoms. The Bertz CT molecular complexity index is 2060. The number of pyridine rings is 1. The van der Waals surface area contributed by atoms with Gasteiger partial charge in [0.25, 0.3) is 5.91 Å². The third-order valence-electron chi connectivity index (χ3n) is 13.3. The van der Waals surface area contributed by atoms with Gasteiger partial charge >= 0.3 is 6.09 Å². The zero-order valence-corrected chi connectivity index (χ0v) is 34.0. The molecule has 14 nitrogen and oxygen atoms in total. The molecule has 4 aliphatic carbocycles. The van der Waals surface area contributed by atoms with Crippen molar-refractivity contribution in [3.8, 4) is 11.6 Å². The quantitative estimate of drug-likeness (QED) is 0.299. The molecule has 4 amide bonds. The lowest BCUT2D eigenvalue weighted by molar-refractivity contribution is -0.142. The van der Waals surface area contributed by atoms with E-state index in [1.54, 1.807) is 13.1 Å². The molecule has 0 radical (unpaired) electrons. The topological polar surface area (TPSA) is 182 Å². The monoisotopic (exact) mass is 805 g/mol. The largest absolute Gasteiger partial charge is 0.494 e. The van der Waals surface area contributed by atoms with Crippen LogP contribution < -0.4 is 24.8 Å². The van der Waals surface area contributed by atoms with E-state index in [4.69, 9.17) is 14.2 Å². The first-order chi connectivity index (χ1) is 27.2. The molecule has 9 atom stereocenters. The summed E-state index contributed by atoms with van der Waals surface area (Å²) in [5.41, 5.74) is -1.52. The van der Waals surface area contributed by atoms with Gasteiger partial charge in [0, 0.05) is 23.9 Å². The molecule has 1 aromatic carbocycles. The number of fused-ring (bicyclic) bond motifs is 4. The Hall–Kier alpha value is -4.40. The van der Waals surface area contributed by atoms with Crippen LogP contribution in [-0.2, 0) is 29.1 Å². The minimum Gasteiger partial charge on any atom is -0.494 e. The standard InChI is InChI=1S/C42H55N5O9S/c1-5-54-30-10-11-33-26(18-30)12-15-43-37(33)55-32-21-34-36(48)45-42(39(50)46-57(52,53)41(4)13-14-41)22-29(42)9-7-6-8-24(2)16-25(3)35(38(49)47(34)23-32)44-40(51)56-31-19-27-17-28(27)20-31/h7,9-12,15,18,24-25,27-29,31-32,34-35H,5-6,8,13-14,16-17,19-23H2,1-4H3,(H,44,51)(H,45,48)(H,46,50). The average Bonchev–Trinajstić information content (AvgIpc) is 4.12. The zero-order valence-electron chi connectivity index (χ0n) is 33.2. The van der Waals surface area contributed by atoms with Crippen LogP contribution in [0.2, 0.25) is 0 Å². The molecular formula is C42H55N5O9S. The number of hydrogen-bond acceptors (Lipinski definition) is 10. The van der Waals surface area contributed by atoms with Crippen molar-refractivity contribution < 1.29 is 41.8 Å². The van der Waals surface area contributed by atoms with Crippen LogP contribution >= 0.6 is 0 Å². The highest BCUT2D eigenvalue weighted by Crippen LogP contribution is 2.52. The van der Waals surface area contributed by atoms with Crippen molar-refractivity contribution in [3.05, 3.63) is 42.6 Å². The summed E-state index contributed by atoms with van der Waals surface area (Å²) in [4.78, 5) is 62.8. The first-order valence-electron chi connectivity index (χ1n) is 20.7. The fraction of sp³-hybridized carbons (Fsp3) is 0.643. The zero-order chi connectivity index (χ0) is 40.3. The minimum atomic E-state index is -3.99. The number of hydrogen-bond donors (Lipinski definition) is 3. The summed E-state index contributed by atoms with van der Waals surface area (Å²) in [6.45, 7) is 8.06. The maximum absolute atomic E-state index is 14.9. The lowest BCUT2D eigenvalue weighted by atomic mass is 9.88. The Kier molecular flexibility index (Phi) is 10.4. The molecule has 1 aromatic heterocycles. The molecule has 8 rings (SSSR count). The van der Waals surface area contributed by atoms with Gasteiger partial charge in [-0.15, -0.1) is 0 Å². The number of nitrogens with one attached hydrogen (secondary N) is 3. The second-order valence-corrected chi connectivity index (χ2v) is 20.0.